The minimum absolute atomic E-state index is 0.372. The molecule has 0 aromatic heterocycles. The molecule has 0 amide bonds. The highest BCUT2D eigenvalue weighted by atomic mass is 127. The van der Waals surface area contributed by atoms with Gasteiger partial charge in [0.2, 0.25) is 0 Å². The summed E-state index contributed by atoms with van der Waals surface area (Å²) < 4.78 is 2.95. The minimum atomic E-state index is 0.372. The van der Waals surface area contributed by atoms with E-state index in [0.29, 0.717) is 6.04 Å². The minimum Gasteiger partial charge on any atom is -0.245 e. The van der Waals surface area contributed by atoms with Crippen LogP contribution in [0.15, 0.2) is 4.99 Å². The van der Waals surface area contributed by atoms with Crippen LogP contribution in [0.1, 0.15) is 20.3 Å². The van der Waals surface area contributed by atoms with Gasteiger partial charge in [-0.05, 0) is 13.8 Å². The Morgan fingerprint density at radius 3 is 2.45 bits per heavy atom. The zero-order valence-corrected chi connectivity index (χ0v) is 9.63. The number of halogens is 1. The van der Waals surface area contributed by atoms with Gasteiger partial charge in [-0.15, -0.1) is 0 Å². The van der Waals surface area contributed by atoms with Gasteiger partial charge in [-0.2, -0.15) is 0 Å². The highest BCUT2D eigenvalue weighted by Gasteiger charge is 2.08. The molecule has 2 nitrogen and oxygen atoms in total. The second kappa shape index (κ2) is 5.69. The Morgan fingerprint density at radius 1 is 1.64 bits per heavy atom. The maximum absolute atomic E-state index is 4.44. The van der Waals surface area contributed by atoms with E-state index in [2.05, 4.69) is 48.1 Å². The molecule has 0 heterocycles. The Morgan fingerprint density at radius 2 is 2.18 bits per heavy atom. The van der Waals surface area contributed by atoms with Crippen LogP contribution in [0, 0.1) is 0 Å². The highest BCUT2D eigenvalue weighted by Crippen LogP contribution is 1.96. The molecule has 0 fully saturated rings. The first kappa shape index (κ1) is 11.1. The van der Waals surface area contributed by atoms with E-state index in [9.17, 15) is 0 Å². The molecule has 3 heteroatoms. The fourth-order valence-electron chi connectivity index (χ4n) is 0.737. The summed E-state index contributed by atoms with van der Waals surface area (Å²) in [6, 6.07) is 0.372. The van der Waals surface area contributed by atoms with E-state index in [4.69, 9.17) is 0 Å². The quantitative estimate of drug-likeness (QED) is 0.244. The zero-order valence-electron chi connectivity index (χ0n) is 7.47. The molecule has 0 aliphatic rings. The van der Waals surface area contributed by atoms with E-state index in [0.717, 1.165) is 16.7 Å². The molecule has 0 spiro atoms. The monoisotopic (exact) mass is 267 g/mol. The lowest BCUT2D eigenvalue weighted by atomic mass is 10.4. The van der Waals surface area contributed by atoms with Gasteiger partial charge < -0.3 is 0 Å². The molecule has 0 unspecified atom stereocenters. The maximum Gasteiger partial charge on any atom is 0.292 e. The van der Waals surface area contributed by atoms with Gasteiger partial charge in [0.15, 0.2) is 0 Å². The second-order valence-corrected chi connectivity index (χ2v) is 3.85. The van der Waals surface area contributed by atoms with Gasteiger partial charge in [-0.3, -0.25) is 0 Å². The number of aliphatic imine (C=N–C) groups is 1. The van der Waals surface area contributed by atoms with E-state index in [1.165, 1.54) is 0 Å². The van der Waals surface area contributed by atoms with Crippen LogP contribution in [0.2, 0.25) is 0 Å². The molecule has 0 aliphatic heterocycles. The predicted octanol–water partition coefficient (Wildman–Crippen LogP) is 1.96. The summed E-state index contributed by atoms with van der Waals surface area (Å²) in [7, 11) is 1.94. The molecule has 0 atom stereocenters. The second-order valence-electron chi connectivity index (χ2n) is 2.78. The first-order chi connectivity index (χ1) is 5.07. The molecule has 0 bridgehead atoms. The Balaban J connectivity index is 4.20. The topological polar surface area (TPSA) is 15.4 Å². The number of rotatable bonds is 3. The van der Waals surface area contributed by atoms with E-state index in [-0.39, 0.29) is 0 Å². The van der Waals surface area contributed by atoms with Crippen LogP contribution in [0.25, 0.3) is 0 Å². The molecule has 0 rings (SSSR count). The Hall–Kier alpha value is 0.0700. The summed E-state index contributed by atoms with van der Waals surface area (Å²) in [5.74, 6) is 1.09. The van der Waals surface area contributed by atoms with Crippen molar-refractivity contribution in [2.75, 3.05) is 11.5 Å². The van der Waals surface area contributed by atoms with Crippen molar-refractivity contribution >= 4 is 35.1 Å². The van der Waals surface area contributed by atoms with Crippen LogP contribution in [0.5, 0.6) is 0 Å². The van der Waals surface area contributed by atoms with E-state index < -0.39 is 0 Å². The first-order valence-electron chi connectivity index (χ1n) is 3.74. The molecular weight excluding hydrogens is 251 g/mol. The molecule has 0 saturated carbocycles. The van der Waals surface area contributed by atoms with Crippen molar-refractivity contribution in [3.8, 4) is 0 Å². The number of hydrogen-bond acceptors (Lipinski definition) is 1. The predicted molar refractivity (Wildman–Crippen MR) is 59.4 cm³/mol. The molecule has 0 saturated heterocycles. The summed E-state index contributed by atoms with van der Waals surface area (Å²) in [4.78, 5) is 4.44. The number of nitrogens with zero attached hydrogens (tertiary/aromatic N) is 2. The van der Waals surface area contributed by atoms with Gasteiger partial charge in [0, 0.05) is 4.43 Å². The van der Waals surface area contributed by atoms with Crippen molar-refractivity contribution in [2.24, 2.45) is 4.99 Å². The van der Waals surface area contributed by atoms with Crippen molar-refractivity contribution in [3.63, 3.8) is 0 Å². The molecule has 0 N–H and O–H groups in total. The fourth-order valence-corrected chi connectivity index (χ4v) is 1.22. The van der Waals surface area contributed by atoms with Gasteiger partial charge >= 0.3 is 0 Å². The Labute approximate surface area is 82.6 Å². The van der Waals surface area contributed by atoms with Gasteiger partial charge in [-0.25, -0.2) is 4.58 Å². The standard InChI is InChI=1S/C8H16IN2/c1-7(2)10-8(5-6-9)11(3)4/h7H,3,5-6H2,1-2,4H3/q+1/b10-8-. The van der Waals surface area contributed by atoms with Crippen molar-refractivity contribution in [1.29, 1.82) is 0 Å². The lowest BCUT2D eigenvalue weighted by Crippen LogP contribution is -2.16. The average Bonchev–Trinajstić information content (AvgIpc) is 1.86. The molecule has 0 aromatic carbocycles. The summed E-state index contributed by atoms with van der Waals surface area (Å²) in [5, 5.41) is 0. The third-order valence-electron chi connectivity index (χ3n) is 1.17. The largest absolute Gasteiger partial charge is 0.292 e. The average molecular weight is 267 g/mol. The van der Waals surface area contributed by atoms with Crippen LogP contribution in [0.3, 0.4) is 0 Å². The molecule has 0 aromatic rings. The Bertz CT molecular complexity index is 161. The van der Waals surface area contributed by atoms with Gasteiger partial charge in [0.25, 0.3) is 5.84 Å². The first-order valence-corrected chi connectivity index (χ1v) is 5.27. The van der Waals surface area contributed by atoms with Crippen LogP contribution in [-0.4, -0.2) is 34.6 Å². The van der Waals surface area contributed by atoms with Crippen LogP contribution >= 0.6 is 22.6 Å². The lowest BCUT2D eigenvalue weighted by molar-refractivity contribution is -0.363. The fraction of sp³-hybridized carbons (Fsp3) is 0.750. The van der Waals surface area contributed by atoms with Crippen LogP contribution in [-0.2, 0) is 0 Å². The number of hydrogen-bond donors (Lipinski definition) is 0. The molecular formula is C8H16IN2+. The molecule has 0 aliphatic carbocycles. The third-order valence-corrected chi connectivity index (χ3v) is 1.71. The molecule has 11 heavy (non-hydrogen) atoms. The normalized spacial score (nSPS) is 12.3. The molecule has 0 radical (unpaired) electrons. The third kappa shape index (κ3) is 5.35. The summed E-state index contributed by atoms with van der Waals surface area (Å²) in [6.07, 6.45) is 1.01. The van der Waals surface area contributed by atoms with Gasteiger partial charge in [-0.1, -0.05) is 27.6 Å². The van der Waals surface area contributed by atoms with Crippen molar-refractivity contribution in [2.45, 2.75) is 26.3 Å². The molecule has 64 valence electrons. The van der Waals surface area contributed by atoms with E-state index in [1.54, 1.807) is 0 Å². The summed E-state index contributed by atoms with van der Waals surface area (Å²) in [5.41, 5.74) is 0. The SMILES string of the molecule is C=[N+](C)/C(CCI)=N\C(C)C. The van der Waals surface area contributed by atoms with Crippen molar-refractivity contribution < 1.29 is 4.58 Å². The summed E-state index contributed by atoms with van der Waals surface area (Å²) in [6.45, 7) is 7.97. The van der Waals surface area contributed by atoms with E-state index in [1.807, 2.05) is 11.6 Å². The van der Waals surface area contributed by atoms with Gasteiger partial charge in [0.1, 0.15) is 6.04 Å². The summed E-state index contributed by atoms with van der Waals surface area (Å²) >= 11 is 2.35. The van der Waals surface area contributed by atoms with Crippen LogP contribution < -0.4 is 0 Å². The highest BCUT2D eigenvalue weighted by molar-refractivity contribution is 14.1. The van der Waals surface area contributed by atoms with Crippen molar-refractivity contribution in [3.05, 3.63) is 0 Å². The zero-order chi connectivity index (χ0) is 8.85. The van der Waals surface area contributed by atoms with Gasteiger partial charge in [0.05, 0.1) is 20.2 Å². The maximum atomic E-state index is 4.44. The smallest absolute Gasteiger partial charge is 0.245 e. The van der Waals surface area contributed by atoms with Crippen LogP contribution in [0.4, 0.5) is 0 Å². The Kier molecular flexibility index (Phi) is 5.72. The number of amidine groups is 1. The lowest BCUT2D eigenvalue weighted by Gasteiger charge is -1.97. The van der Waals surface area contributed by atoms with E-state index >= 15 is 0 Å². The van der Waals surface area contributed by atoms with Crippen molar-refractivity contribution in [1.82, 2.24) is 0 Å². The number of alkyl halides is 1.